The second-order valence-electron chi connectivity index (χ2n) is 6.07. The smallest absolute Gasteiger partial charge is 0.162 e. The molecule has 2 aromatic heterocycles. The molecule has 0 saturated carbocycles. The molecule has 2 aromatic carbocycles. The van der Waals surface area contributed by atoms with Crippen molar-refractivity contribution in [2.24, 2.45) is 0 Å². The highest BCUT2D eigenvalue weighted by Crippen LogP contribution is 2.27. The maximum Gasteiger partial charge on any atom is 0.162 e. The SMILES string of the molecule is CC(O)c1ccc(Nc2nc(-c3ccncc3)nc3ccccc23)cc1. The third-order valence-electron chi connectivity index (χ3n) is 4.20. The summed E-state index contributed by atoms with van der Waals surface area (Å²) in [5.74, 6) is 1.39. The zero-order chi connectivity index (χ0) is 17.9. The van der Waals surface area contributed by atoms with Crippen molar-refractivity contribution in [3.05, 3.63) is 78.6 Å². The largest absolute Gasteiger partial charge is 0.389 e. The lowest BCUT2D eigenvalue weighted by molar-refractivity contribution is 0.199. The second kappa shape index (κ2) is 6.90. The first kappa shape index (κ1) is 16.2. The fourth-order valence-corrected chi connectivity index (χ4v) is 2.78. The average Bonchev–Trinajstić information content (AvgIpc) is 2.69. The van der Waals surface area contributed by atoms with Gasteiger partial charge in [0, 0.05) is 29.0 Å². The van der Waals surface area contributed by atoms with Crippen molar-refractivity contribution >= 4 is 22.4 Å². The molecule has 5 heteroatoms. The molecule has 0 aliphatic rings. The van der Waals surface area contributed by atoms with Gasteiger partial charge in [-0.05, 0) is 48.9 Å². The molecule has 4 aromatic rings. The highest BCUT2D eigenvalue weighted by Gasteiger charge is 2.10. The number of rotatable bonds is 4. The topological polar surface area (TPSA) is 70.9 Å². The Labute approximate surface area is 151 Å². The van der Waals surface area contributed by atoms with E-state index in [1.54, 1.807) is 19.3 Å². The molecule has 0 radical (unpaired) electrons. The lowest BCUT2D eigenvalue weighted by Gasteiger charge is -2.12. The van der Waals surface area contributed by atoms with Gasteiger partial charge in [0.25, 0.3) is 0 Å². The van der Waals surface area contributed by atoms with E-state index in [2.05, 4.69) is 15.3 Å². The molecule has 128 valence electrons. The Morgan fingerprint density at radius 2 is 1.62 bits per heavy atom. The Balaban J connectivity index is 1.78. The van der Waals surface area contributed by atoms with Crippen molar-refractivity contribution in [1.29, 1.82) is 0 Å². The first-order valence-electron chi connectivity index (χ1n) is 8.43. The number of para-hydroxylation sites is 1. The van der Waals surface area contributed by atoms with E-state index in [-0.39, 0.29) is 0 Å². The van der Waals surface area contributed by atoms with Gasteiger partial charge in [-0.25, -0.2) is 9.97 Å². The van der Waals surface area contributed by atoms with Crippen LogP contribution < -0.4 is 5.32 Å². The number of hydrogen-bond donors (Lipinski definition) is 2. The van der Waals surface area contributed by atoms with E-state index in [1.807, 2.05) is 60.7 Å². The molecule has 5 nitrogen and oxygen atoms in total. The molecule has 0 bridgehead atoms. The Bertz CT molecular complexity index is 1030. The first-order chi connectivity index (χ1) is 12.7. The Kier molecular flexibility index (Phi) is 4.29. The molecule has 0 fully saturated rings. The molecular formula is C21H18N4O. The summed E-state index contributed by atoms with van der Waals surface area (Å²) in [4.78, 5) is 13.5. The van der Waals surface area contributed by atoms with Gasteiger partial charge < -0.3 is 10.4 Å². The molecule has 26 heavy (non-hydrogen) atoms. The van der Waals surface area contributed by atoms with Crippen molar-refractivity contribution in [3.8, 4) is 11.4 Å². The van der Waals surface area contributed by atoms with Gasteiger partial charge in [0.05, 0.1) is 11.6 Å². The zero-order valence-corrected chi connectivity index (χ0v) is 14.3. The van der Waals surface area contributed by atoms with Crippen LogP contribution in [0.1, 0.15) is 18.6 Å². The number of nitrogens with one attached hydrogen (secondary N) is 1. The molecule has 0 aliphatic heterocycles. The van der Waals surface area contributed by atoms with Crippen molar-refractivity contribution in [2.45, 2.75) is 13.0 Å². The van der Waals surface area contributed by atoms with Crippen LogP contribution in [0.5, 0.6) is 0 Å². The minimum absolute atomic E-state index is 0.484. The number of aliphatic hydroxyl groups excluding tert-OH is 1. The Hall–Kier alpha value is -3.31. The molecule has 0 spiro atoms. The number of nitrogens with zero attached hydrogens (tertiary/aromatic N) is 3. The quantitative estimate of drug-likeness (QED) is 0.572. The number of hydrogen-bond acceptors (Lipinski definition) is 5. The third kappa shape index (κ3) is 3.25. The molecule has 4 rings (SSSR count). The van der Waals surface area contributed by atoms with Crippen molar-refractivity contribution in [1.82, 2.24) is 15.0 Å². The lowest BCUT2D eigenvalue weighted by atomic mass is 10.1. The van der Waals surface area contributed by atoms with Gasteiger partial charge in [-0.15, -0.1) is 0 Å². The molecule has 2 N–H and O–H groups in total. The van der Waals surface area contributed by atoms with Crippen LogP contribution in [0.3, 0.4) is 0 Å². The standard InChI is InChI=1S/C21H18N4O/c1-14(26)15-6-8-17(9-7-15)23-21-18-4-2-3-5-19(18)24-20(25-21)16-10-12-22-13-11-16/h2-14,26H,1H3,(H,23,24,25). The number of pyridine rings is 1. The Morgan fingerprint density at radius 1 is 0.885 bits per heavy atom. The molecule has 2 heterocycles. The van der Waals surface area contributed by atoms with Crippen LogP contribution in [-0.4, -0.2) is 20.1 Å². The Morgan fingerprint density at radius 3 is 2.35 bits per heavy atom. The molecule has 0 saturated heterocycles. The van der Waals surface area contributed by atoms with Gasteiger partial charge in [-0.1, -0.05) is 24.3 Å². The normalized spacial score (nSPS) is 12.1. The minimum atomic E-state index is -0.484. The van der Waals surface area contributed by atoms with Gasteiger partial charge in [-0.3, -0.25) is 4.98 Å². The molecular weight excluding hydrogens is 324 g/mol. The van der Waals surface area contributed by atoms with Crippen LogP contribution in [0.4, 0.5) is 11.5 Å². The monoisotopic (exact) mass is 342 g/mol. The zero-order valence-electron chi connectivity index (χ0n) is 14.3. The van der Waals surface area contributed by atoms with Gasteiger partial charge >= 0.3 is 0 Å². The molecule has 0 amide bonds. The van der Waals surface area contributed by atoms with E-state index < -0.39 is 6.10 Å². The van der Waals surface area contributed by atoms with Gasteiger partial charge in [-0.2, -0.15) is 0 Å². The van der Waals surface area contributed by atoms with Crippen molar-refractivity contribution in [3.63, 3.8) is 0 Å². The maximum atomic E-state index is 9.66. The third-order valence-corrected chi connectivity index (χ3v) is 4.20. The summed E-state index contributed by atoms with van der Waals surface area (Å²) >= 11 is 0. The summed E-state index contributed by atoms with van der Waals surface area (Å²) in [6, 6.07) is 19.4. The van der Waals surface area contributed by atoms with Gasteiger partial charge in [0.2, 0.25) is 0 Å². The average molecular weight is 342 g/mol. The summed E-state index contributed by atoms with van der Waals surface area (Å²) in [6.07, 6.45) is 2.98. The fraction of sp³-hybridized carbons (Fsp3) is 0.0952. The van der Waals surface area contributed by atoms with Crippen LogP contribution in [-0.2, 0) is 0 Å². The van der Waals surface area contributed by atoms with E-state index in [4.69, 9.17) is 4.98 Å². The minimum Gasteiger partial charge on any atom is -0.389 e. The highest BCUT2D eigenvalue weighted by molar-refractivity contribution is 5.92. The second-order valence-corrected chi connectivity index (χ2v) is 6.07. The summed E-state index contributed by atoms with van der Waals surface area (Å²) in [7, 11) is 0. The maximum absolute atomic E-state index is 9.66. The van der Waals surface area contributed by atoms with Gasteiger partial charge in [0.1, 0.15) is 5.82 Å². The van der Waals surface area contributed by atoms with Crippen LogP contribution in [0, 0.1) is 0 Å². The van der Waals surface area contributed by atoms with E-state index in [0.717, 1.165) is 33.5 Å². The predicted molar refractivity (Wildman–Crippen MR) is 103 cm³/mol. The number of benzene rings is 2. The molecule has 0 aliphatic carbocycles. The van der Waals surface area contributed by atoms with Crippen molar-refractivity contribution < 1.29 is 5.11 Å². The number of fused-ring (bicyclic) bond motifs is 1. The first-order valence-corrected chi connectivity index (χ1v) is 8.43. The van der Waals surface area contributed by atoms with Gasteiger partial charge in [0.15, 0.2) is 5.82 Å². The summed E-state index contributed by atoms with van der Waals surface area (Å²) in [5, 5.41) is 14.0. The summed E-state index contributed by atoms with van der Waals surface area (Å²) in [6.45, 7) is 1.75. The van der Waals surface area contributed by atoms with Crippen LogP contribution in [0.15, 0.2) is 73.1 Å². The number of aliphatic hydroxyl groups is 1. The summed E-state index contributed by atoms with van der Waals surface area (Å²) < 4.78 is 0. The fourth-order valence-electron chi connectivity index (χ4n) is 2.78. The van der Waals surface area contributed by atoms with Crippen LogP contribution in [0.2, 0.25) is 0 Å². The van der Waals surface area contributed by atoms with Crippen LogP contribution in [0.25, 0.3) is 22.3 Å². The lowest BCUT2D eigenvalue weighted by Crippen LogP contribution is -2.00. The van der Waals surface area contributed by atoms with Crippen molar-refractivity contribution in [2.75, 3.05) is 5.32 Å². The summed E-state index contributed by atoms with van der Waals surface area (Å²) in [5.41, 5.74) is 3.56. The van der Waals surface area contributed by atoms with E-state index in [9.17, 15) is 5.11 Å². The van der Waals surface area contributed by atoms with E-state index in [1.165, 1.54) is 0 Å². The predicted octanol–water partition coefficient (Wildman–Crippen LogP) is 4.49. The highest BCUT2D eigenvalue weighted by atomic mass is 16.3. The molecule has 1 atom stereocenters. The van der Waals surface area contributed by atoms with E-state index in [0.29, 0.717) is 5.82 Å². The number of aromatic nitrogens is 3. The number of anilines is 2. The molecule has 1 unspecified atom stereocenters. The van der Waals surface area contributed by atoms with Crippen LogP contribution >= 0.6 is 0 Å². The van der Waals surface area contributed by atoms with E-state index >= 15 is 0 Å².